The van der Waals surface area contributed by atoms with Gasteiger partial charge in [0.15, 0.2) is 0 Å². The van der Waals surface area contributed by atoms with Gasteiger partial charge in [-0.25, -0.2) is 4.98 Å². The molecule has 3 nitrogen and oxygen atoms in total. The summed E-state index contributed by atoms with van der Waals surface area (Å²) in [4.78, 5) is 7.30. The molecule has 0 aromatic carbocycles. The molecule has 1 N–H and O–H groups in total. The van der Waals surface area contributed by atoms with Gasteiger partial charge in [0.1, 0.15) is 5.82 Å². The highest BCUT2D eigenvalue weighted by Gasteiger charge is 2.30. The summed E-state index contributed by atoms with van der Waals surface area (Å²) in [5, 5.41) is 3.75. The van der Waals surface area contributed by atoms with Gasteiger partial charge in [0, 0.05) is 29.9 Å². The molecule has 0 radical (unpaired) electrons. The third-order valence-corrected chi connectivity index (χ3v) is 5.10. The lowest BCUT2D eigenvalue weighted by atomic mass is 9.95. The summed E-state index contributed by atoms with van der Waals surface area (Å²) < 4.78 is 0. The van der Waals surface area contributed by atoms with Crippen LogP contribution in [-0.2, 0) is 0 Å². The Kier molecular flexibility index (Phi) is 4.79. The monoisotopic (exact) mass is 287 g/mol. The molecule has 3 heteroatoms. The lowest BCUT2D eigenvalue weighted by Gasteiger charge is -2.31. The van der Waals surface area contributed by atoms with Crippen LogP contribution in [-0.4, -0.2) is 28.5 Å². The summed E-state index contributed by atoms with van der Waals surface area (Å²) in [7, 11) is 0. The van der Waals surface area contributed by atoms with Crippen LogP contribution in [0, 0.1) is 0 Å². The molecule has 1 aromatic rings. The Balaban J connectivity index is 1.78. The second-order valence-corrected chi connectivity index (χ2v) is 6.91. The van der Waals surface area contributed by atoms with Gasteiger partial charge in [-0.3, -0.25) is 4.90 Å². The molecule has 1 saturated carbocycles. The van der Waals surface area contributed by atoms with Gasteiger partial charge in [-0.2, -0.15) is 0 Å². The number of rotatable bonds is 4. The quantitative estimate of drug-likeness (QED) is 0.891. The Morgan fingerprint density at radius 1 is 1.14 bits per heavy atom. The zero-order valence-electron chi connectivity index (χ0n) is 13.5. The van der Waals surface area contributed by atoms with Crippen molar-refractivity contribution >= 4 is 5.82 Å². The maximum Gasteiger partial charge on any atom is 0.130 e. The molecule has 0 amide bonds. The highest BCUT2D eigenvalue weighted by Crippen LogP contribution is 2.37. The van der Waals surface area contributed by atoms with E-state index in [0.29, 0.717) is 18.1 Å². The lowest BCUT2D eigenvalue weighted by Crippen LogP contribution is -2.31. The maximum atomic E-state index is 4.67. The molecule has 116 valence electrons. The Labute approximate surface area is 129 Å². The summed E-state index contributed by atoms with van der Waals surface area (Å²) in [5.41, 5.74) is 1.41. The van der Waals surface area contributed by atoms with Gasteiger partial charge >= 0.3 is 0 Å². The van der Waals surface area contributed by atoms with Gasteiger partial charge in [0.25, 0.3) is 0 Å². The largest absolute Gasteiger partial charge is 0.367 e. The van der Waals surface area contributed by atoms with E-state index in [9.17, 15) is 0 Å². The number of aromatic nitrogens is 1. The Bertz CT molecular complexity index is 452. The van der Waals surface area contributed by atoms with Gasteiger partial charge in [0.05, 0.1) is 0 Å². The van der Waals surface area contributed by atoms with E-state index in [1.165, 1.54) is 57.1 Å². The number of likely N-dealkylation sites (tertiary alicyclic amines) is 1. The molecule has 2 fully saturated rings. The van der Waals surface area contributed by atoms with E-state index in [1.54, 1.807) is 0 Å². The number of nitrogens with zero attached hydrogens (tertiary/aromatic N) is 2. The summed E-state index contributed by atoms with van der Waals surface area (Å²) in [5.74, 6) is 1.14. The van der Waals surface area contributed by atoms with Gasteiger partial charge in [0.2, 0.25) is 0 Å². The molecule has 1 aliphatic carbocycles. The second-order valence-electron chi connectivity index (χ2n) is 6.91. The summed E-state index contributed by atoms with van der Waals surface area (Å²) in [6.07, 6.45) is 11.2. The van der Waals surface area contributed by atoms with Crippen LogP contribution >= 0.6 is 0 Å². The average Bonchev–Trinajstić information content (AvgIpc) is 2.98. The molecule has 1 atom stereocenters. The van der Waals surface area contributed by atoms with Crippen molar-refractivity contribution in [1.29, 1.82) is 0 Å². The first-order chi connectivity index (χ1) is 10.3. The van der Waals surface area contributed by atoms with E-state index in [-0.39, 0.29) is 0 Å². The first-order valence-corrected chi connectivity index (χ1v) is 8.73. The van der Waals surface area contributed by atoms with E-state index >= 15 is 0 Å². The summed E-state index contributed by atoms with van der Waals surface area (Å²) in [6, 6.07) is 6.16. The normalized spacial score (nSPS) is 24.6. The fraction of sp³-hybridized carbons (Fsp3) is 0.722. The Hall–Kier alpha value is -1.09. The molecule has 0 spiro atoms. The number of anilines is 1. The van der Waals surface area contributed by atoms with E-state index < -0.39 is 0 Å². The van der Waals surface area contributed by atoms with Crippen molar-refractivity contribution in [3.05, 3.63) is 23.9 Å². The van der Waals surface area contributed by atoms with Crippen LogP contribution in [0.25, 0.3) is 0 Å². The summed E-state index contributed by atoms with van der Waals surface area (Å²) >= 11 is 0. The number of pyridine rings is 1. The molecule has 0 unspecified atom stereocenters. The van der Waals surface area contributed by atoms with Gasteiger partial charge in [-0.1, -0.05) is 25.3 Å². The second kappa shape index (κ2) is 6.78. The van der Waals surface area contributed by atoms with E-state index in [4.69, 9.17) is 0 Å². The minimum atomic E-state index is 0.546. The van der Waals surface area contributed by atoms with Crippen molar-refractivity contribution in [3.63, 3.8) is 0 Å². The fourth-order valence-corrected chi connectivity index (χ4v) is 3.99. The SMILES string of the molecule is CC(C)N1CCC[C@H]1c1cccnc1NC1CCCCC1. The Morgan fingerprint density at radius 2 is 1.95 bits per heavy atom. The topological polar surface area (TPSA) is 28.2 Å². The fourth-order valence-electron chi connectivity index (χ4n) is 3.99. The molecular weight excluding hydrogens is 258 g/mol. The molecule has 2 aliphatic rings. The number of hydrogen-bond donors (Lipinski definition) is 1. The molecule has 1 aromatic heterocycles. The van der Waals surface area contributed by atoms with Crippen molar-refractivity contribution in [2.45, 2.75) is 76.9 Å². The zero-order valence-corrected chi connectivity index (χ0v) is 13.5. The van der Waals surface area contributed by atoms with Crippen LogP contribution < -0.4 is 5.32 Å². The van der Waals surface area contributed by atoms with E-state index in [1.807, 2.05) is 6.20 Å². The predicted molar refractivity (Wildman–Crippen MR) is 88.5 cm³/mol. The molecule has 0 bridgehead atoms. The molecule has 1 aliphatic heterocycles. The van der Waals surface area contributed by atoms with Crippen LogP contribution in [0.5, 0.6) is 0 Å². The minimum absolute atomic E-state index is 0.546. The van der Waals surface area contributed by atoms with E-state index in [2.05, 4.69) is 41.2 Å². The van der Waals surface area contributed by atoms with Crippen LogP contribution in [0.1, 0.15) is 70.4 Å². The van der Waals surface area contributed by atoms with Crippen LogP contribution in [0.3, 0.4) is 0 Å². The Morgan fingerprint density at radius 3 is 2.71 bits per heavy atom. The molecule has 1 saturated heterocycles. The predicted octanol–water partition coefficient (Wildman–Crippen LogP) is 4.37. The van der Waals surface area contributed by atoms with Crippen molar-refractivity contribution in [3.8, 4) is 0 Å². The molecule has 3 rings (SSSR count). The van der Waals surface area contributed by atoms with Crippen molar-refractivity contribution in [1.82, 2.24) is 9.88 Å². The first kappa shape index (κ1) is 14.8. The highest BCUT2D eigenvalue weighted by molar-refractivity contribution is 5.47. The van der Waals surface area contributed by atoms with Gasteiger partial charge in [-0.15, -0.1) is 0 Å². The standard InChI is InChI=1S/C18H29N3/c1-14(2)21-13-7-11-17(21)16-10-6-12-19-18(16)20-15-8-4-3-5-9-15/h6,10,12,14-15,17H,3-5,7-9,11,13H2,1-2H3,(H,19,20)/t17-/m0/s1. The van der Waals surface area contributed by atoms with Crippen molar-refractivity contribution < 1.29 is 0 Å². The smallest absolute Gasteiger partial charge is 0.130 e. The minimum Gasteiger partial charge on any atom is -0.367 e. The van der Waals surface area contributed by atoms with Crippen LogP contribution in [0.2, 0.25) is 0 Å². The van der Waals surface area contributed by atoms with Gasteiger partial charge < -0.3 is 5.32 Å². The average molecular weight is 287 g/mol. The van der Waals surface area contributed by atoms with Gasteiger partial charge in [-0.05, 0) is 52.1 Å². The molecular formula is C18H29N3. The number of nitrogens with one attached hydrogen (secondary N) is 1. The first-order valence-electron chi connectivity index (χ1n) is 8.73. The lowest BCUT2D eigenvalue weighted by molar-refractivity contribution is 0.205. The van der Waals surface area contributed by atoms with Crippen LogP contribution in [0.4, 0.5) is 5.82 Å². The highest BCUT2D eigenvalue weighted by atomic mass is 15.2. The molecule has 21 heavy (non-hydrogen) atoms. The maximum absolute atomic E-state index is 4.67. The van der Waals surface area contributed by atoms with Crippen molar-refractivity contribution in [2.24, 2.45) is 0 Å². The van der Waals surface area contributed by atoms with Crippen molar-refractivity contribution in [2.75, 3.05) is 11.9 Å². The van der Waals surface area contributed by atoms with Crippen LogP contribution in [0.15, 0.2) is 18.3 Å². The third kappa shape index (κ3) is 3.39. The third-order valence-electron chi connectivity index (χ3n) is 5.10. The zero-order chi connectivity index (χ0) is 14.7. The summed E-state index contributed by atoms with van der Waals surface area (Å²) in [6.45, 7) is 5.84. The van der Waals surface area contributed by atoms with E-state index in [0.717, 1.165) is 5.82 Å². The molecule has 2 heterocycles. The number of hydrogen-bond acceptors (Lipinski definition) is 3.